The van der Waals surface area contributed by atoms with Gasteiger partial charge in [-0.3, -0.25) is 0 Å². The molecule has 3 N–H and O–H groups in total. The Bertz CT molecular complexity index is 1350. The molecule has 0 unspecified atom stereocenters. The number of benzene rings is 4. The second kappa shape index (κ2) is 9.26. The maximum atomic E-state index is 10.5. The van der Waals surface area contributed by atoms with Crippen LogP contribution in [0.1, 0.15) is 33.4 Å². The van der Waals surface area contributed by atoms with Gasteiger partial charge in [0.05, 0.1) is 11.4 Å². The summed E-state index contributed by atoms with van der Waals surface area (Å²) in [5, 5.41) is 31.3. The standard InChI is InChI=1S/C30H31NO4/c1-17-7-12-27(32)30(22(17)6)35-24-10-8-23(9-11-24)31(25-15-28(33)20(4)13-18(25)2)26-16-29(34)21(5)14-19(26)3/h7-16,32-34H,1-6H3. The molecular formula is C30H31NO4. The van der Waals surface area contributed by atoms with Gasteiger partial charge in [-0.25, -0.2) is 0 Å². The Hall–Kier alpha value is -4.12. The Morgan fingerprint density at radius 1 is 0.543 bits per heavy atom. The summed E-state index contributed by atoms with van der Waals surface area (Å²) in [6.45, 7) is 11.6. The summed E-state index contributed by atoms with van der Waals surface area (Å²) < 4.78 is 6.04. The minimum absolute atomic E-state index is 0.0929. The van der Waals surface area contributed by atoms with Crippen LogP contribution in [0.5, 0.6) is 28.7 Å². The number of anilines is 3. The number of phenolic OH excluding ortho intramolecular Hbond substituents is 3. The van der Waals surface area contributed by atoms with Gasteiger partial charge in [0, 0.05) is 17.8 Å². The molecule has 5 nitrogen and oxygen atoms in total. The average molecular weight is 470 g/mol. The largest absolute Gasteiger partial charge is 0.508 e. The van der Waals surface area contributed by atoms with Crippen LogP contribution in [0.25, 0.3) is 0 Å². The zero-order valence-electron chi connectivity index (χ0n) is 21.0. The lowest BCUT2D eigenvalue weighted by atomic mass is 10.0. The number of nitrogens with zero attached hydrogens (tertiary/aromatic N) is 1. The minimum Gasteiger partial charge on any atom is -0.508 e. The molecule has 0 heterocycles. The molecule has 0 radical (unpaired) electrons. The maximum absolute atomic E-state index is 10.5. The summed E-state index contributed by atoms with van der Waals surface area (Å²) in [5.74, 6) is 1.53. The molecule has 0 atom stereocenters. The molecule has 0 fully saturated rings. The van der Waals surface area contributed by atoms with Gasteiger partial charge in [0.15, 0.2) is 11.5 Å². The van der Waals surface area contributed by atoms with Gasteiger partial charge in [0.2, 0.25) is 0 Å². The van der Waals surface area contributed by atoms with E-state index in [-0.39, 0.29) is 17.2 Å². The topological polar surface area (TPSA) is 73.2 Å². The summed E-state index contributed by atoms with van der Waals surface area (Å²) in [6.07, 6.45) is 0. The zero-order chi connectivity index (χ0) is 25.4. The highest BCUT2D eigenvalue weighted by Gasteiger charge is 2.20. The lowest BCUT2D eigenvalue weighted by Crippen LogP contribution is -2.13. The number of aryl methyl sites for hydroxylation is 5. The smallest absolute Gasteiger partial charge is 0.172 e. The van der Waals surface area contributed by atoms with Gasteiger partial charge in [-0.05, 0) is 105 Å². The van der Waals surface area contributed by atoms with Crippen molar-refractivity contribution in [2.75, 3.05) is 4.90 Å². The van der Waals surface area contributed by atoms with Crippen molar-refractivity contribution in [2.45, 2.75) is 41.5 Å². The lowest BCUT2D eigenvalue weighted by molar-refractivity contribution is 0.408. The molecule has 35 heavy (non-hydrogen) atoms. The monoisotopic (exact) mass is 469 g/mol. The number of ether oxygens (including phenoxy) is 1. The Morgan fingerprint density at radius 3 is 1.57 bits per heavy atom. The van der Waals surface area contributed by atoms with Gasteiger partial charge in [-0.15, -0.1) is 0 Å². The maximum Gasteiger partial charge on any atom is 0.172 e. The van der Waals surface area contributed by atoms with E-state index < -0.39 is 0 Å². The molecule has 0 aliphatic rings. The average Bonchev–Trinajstić information content (AvgIpc) is 2.81. The first-order chi connectivity index (χ1) is 16.6. The van der Waals surface area contributed by atoms with E-state index in [0.717, 1.165) is 50.4 Å². The molecule has 5 heteroatoms. The van der Waals surface area contributed by atoms with Gasteiger partial charge < -0.3 is 25.0 Å². The minimum atomic E-state index is 0.0929. The Balaban J connectivity index is 1.82. The molecule has 0 saturated carbocycles. The van der Waals surface area contributed by atoms with E-state index in [1.165, 1.54) is 0 Å². The third-order valence-electron chi connectivity index (χ3n) is 6.48. The lowest BCUT2D eigenvalue weighted by Gasteiger charge is -2.29. The first kappa shape index (κ1) is 24.0. The second-order valence-corrected chi connectivity index (χ2v) is 9.14. The quantitative estimate of drug-likeness (QED) is 0.277. The van der Waals surface area contributed by atoms with Crippen molar-refractivity contribution < 1.29 is 20.1 Å². The fourth-order valence-corrected chi connectivity index (χ4v) is 4.24. The van der Waals surface area contributed by atoms with Gasteiger partial charge in [0.1, 0.15) is 17.2 Å². The zero-order valence-corrected chi connectivity index (χ0v) is 21.0. The van der Waals surface area contributed by atoms with E-state index >= 15 is 0 Å². The van der Waals surface area contributed by atoms with E-state index in [1.807, 2.05) is 88.9 Å². The van der Waals surface area contributed by atoms with Gasteiger partial charge in [-0.1, -0.05) is 18.2 Å². The highest BCUT2D eigenvalue weighted by atomic mass is 16.5. The van der Waals surface area contributed by atoms with Crippen LogP contribution in [0.2, 0.25) is 0 Å². The summed E-state index contributed by atoms with van der Waals surface area (Å²) in [5.41, 5.74) is 7.93. The van der Waals surface area contributed by atoms with Crippen molar-refractivity contribution in [1.82, 2.24) is 0 Å². The van der Waals surface area contributed by atoms with E-state index in [9.17, 15) is 15.3 Å². The number of hydrogen-bond acceptors (Lipinski definition) is 5. The van der Waals surface area contributed by atoms with Crippen molar-refractivity contribution in [1.29, 1.82) is 0 Å². The molecule has 4 aromatic carbocycles. The van der Waals surface area contributed by atoms with Crippen molar-refractivity contribution in [3.05, 3.63) is 94.0 Å². The number of rotatable bonds is 5. The predicted octanol–water partition coefficient (Wildman–Crippen LogP) is 7.92. The third-order valence-corrected chi connectivity index (χ3v) is 6.48. The Morgan fingerprint density at radius 2 is 1.06 bits per heavy atom. The highest BCUT2D eigenvalue weighted by molar-refractivity contribution is 5.82. The van der Waals surface area contributed by atoms with Crippen molar-refractivity contribution >= 4 is 17.1 Å². The molecule has 180 valence electrons. The van der Waals surface area contributed by atoms with Crippen molar-refractivity contribution in [3.8, 4) is 28.7 Å². The molecule has 0 aliphatic heterocycles. The fourth-order valence-electron chi connectivity index (χ4n) is 4.24. The predicted molar refractivity (Wildman–Crippen MR) is 141 cm³/mol. The SMILES string of the molecule is Cc1cc(C)c(N(c2ccc(Oc3c(O)ccc(C)c3C)cc2)c2cc(O)c(C)cc2C)cc1O. The third kappa shape index (κ3) is 4.62. The molecule has 4 aromatic rings. The van der Waals surface area contributed by atoms with Crippen LogP contribution in [0.15, 0.2) is 60.7 Å². The van der Waals surface area contributed by atoms with E-state index in [0.29, 0.717) is 11.5 Å². The van der Waals surface area contributed by atoms with Crippen LogP contribution in [0.3, 0.4) is 0 Å². The first-order valence-corrected chi connectivity index (χ1v) is 11.5. The van der Waals surface area contributed by atoms with Crippen LogP contribution >= 0.6 is 0 Å². The number of phenols is 3. The van der Waals surface area contributed by atoms with Gasteiger partial charge in [0.25, 0.3) is 0 Å². The summed E-state index contributed by atoms with van der Waals surface area (Å²) >= 11 is 0. The molecule has 0 amide bonds. The summed E-state index contributed by atoms with van der Waals surface area (Å²) in [6, 6.07) is 18.4. The molecule has 0 spiro atoms. The van der Waals surface area contributed by atoms with Crippen molar-refractivity contribution in [2.24, 2.45) is 0 Å². The Kier molecular flexibility index (Phi) is 6.35. The number of hydrogen-bond donors (Lipinski definition) is 3. The van der Waals surface area contributed by atoms with Crippen LogP contribution in [0, 0.1) is 41.5 Å². The molecule has 0 saturated heterocycles. The highest BCUT2D eigenvalue weighted by Crippen LogP contribution is 2.43. The van der Waals surface area contributed by atoms with E-state index in [2.05, 4.69) is 0 Å². The first-order valence-electron chi connectivity index (χ1n) is 11.5. The molecule has 0 aliphatic carbocycles. The van der Waals surface area contributed by atoms with Crippen LogP contribution < -0.4 is 9.64 Å². The summed E-state index contributed by atoms with van der Waals surface area (Å²) in [7, 11) is 0. The van der Waals surface area contributed by atoms with E-state index in [1.54, 1.807) is 18.2 Å². The van der Waals surface area contributed by atoms with Crippen LogP contribution in [0.4, 0.5) is 17.1 Å². The summed E-state index contributed by atoms with van der Waals surface area (Å²) in [4.78, 5) is 2.02. The normalized spacial score (nSPS) is 10.9. The van der Waals surface area contributed by atoms with Crippen LogP contribution in [-0.4, -0.2) is 15.3 Å². The molecule has 0 aromatic heterocycles. The van der Waals surface area contributed by atoms with Crippen LogP contribution in [-0.2, 0) is 0 Å². The van der Waals surface area contributed by atoms with Gasteiger partial charge in [-0.2, -0.15) is 0 Å². The second-order valence-electron chi connectivity index (χ2n) is 9.14. The fraction of sp³-hybridized carbons (Fsp3) is 0.200. The molecule has 4 rings (SSSR count). The van der Waals surface area contributed by atoms with E-state index in [4.69, 9.17) is 4.74 Å². The van der Waals surface area contributed by atoms with Gasteiger partial charge >= 0.3 is 0 Å². The number of aromatic hydroxyl groups is 3. The molecule has 0 bridgehead atoms. The Labute approximate surface area is 206 Å². The van der Waals surface area contributed by atoms with Crippen molar-refractivity contribution in [3.63, 3.8) is 0 Å². The molecular weight excluding hydrogens is 438 g/mol.